The summed E-state index contributed by atoms with van der Waals surface area (Å²) in [6.07, 6.45) is 0.640. The third-order valence-corrected chi connectivity index (χ3v) is 4.42. The number of aryl methyl sites for hydroxylation is 1. The fourth-order valence-corrected chi connectivity index (χ4v) is 3.11. The van der Waals surface area contributed by atoms with E-state index < -0.39 is 6.10 Å². The molecule has 0 radical (unpaired) electrons. The normalized spacial score (nSPS) is 17.8. The van der Waals surface area contributed by atoms with Gasteiger partial charge in [0, 0.05) is 23.6 Å². The standard InChI is InChI=1S/C19H19ClFNO2/c20-15-5-3-4-14(12-15)8-9-19(23)22-10-11-24-18(13-22)16-6-1-2-7-17(16)21/h1-7,12,18H,8-11,13H2. The first-order valence-electron chi connectivity index (χ1n) is 8.02. The van der Waals surface area contributed by atoms with Gasteiger partial charge in [0.1, 0.15) is 11.9 Å². The van der Waals surface area contributed by atoms with E-state index in [9.17, 15) is 9.18 Å². The third-order valence-electron chi connectivity index (χ3n) is 4.19. The zero-order valence-corrected chi connectivity index (χ0v) is 14.0. The van der Waals surface area contributed by atoms with Gasteiger partial charge in [-0.2, -0.15) is 0 Å². The van der Waals surface area contributed by atoms with Crippen molar-refractivity contribution in [2.45, 2.75) is 18.9 Å². The molecule has 3 nitrogen and oxygen atoms in total. The zero-order chi connectivity index (χ0) is 16.9. The van der Waals surface area contributed by atoms with E-state index in [0.717, 1.165) is 5.56 Å². The van der Waals surface area contributed by atoms with Crippen molar-refractivity contribution in [2.24, 2.45) is 0 Å². The number of hydrogen-bond acceptors (Lipinski definition) is 2. The van der Waals surface area contributed by atoms with Gasteiger partial charge in [-0.15, -0.1) is 0 Å². The number of morpholine rings is 1. The van der Waals surface area contributed by atoms with Crippen molar-refractivity contribution < 1.29 is 13.9 Å². The Kier molecular flexibility index (Phi) is 5.48. The fraction of sp³-hybridized carbons (Fsp3) is 0.316. The minimum absolute atomic E-state index is 0.0552. The van der Waals surface area contributed by atoms with Crippen LogP contribution >= 0.6 is 11.6 Å². The molecule has 24 heavy (non-hydrogen) atoms. The summed E-state index contributed by atoms with van der Waals surface area (Å²) < 4.78 is 19.6. The highest BCUT2D eigenvalue weighted by molar-refractivity contribution is 6.30. The molecule has 0 N–H and O–H groups in total. The third kappa shape index (κ3) is 4.13. The van der Waals surface area contributed by atoms with E-state index >= 15 is 0 Å². The minimum atomic E-state index is -0.407. The molecule has 2 aromatic rings. The molecule has 0 aromatic heterocycles. The molecule has 0 saturated carbocycles. The molecule has 2 aromatic carbocycles. The molecular weight excluding hydrogens is 329 g/mol. The van der Waals surface area contributed by atoms with Gasteiger partial charge in [-0.05, 0) is 30.2 Å². The number of rotatable bonds is 4. The Morgan fingerprint density at radius 2 is 2.08 bits per heavy atom. The van der Waals surface area contributed by atoms with Gasteiger partial charge in [-0.25, -0.2) is 4.39 Å². The van der Waals surface area contributed by atoms with Crippen molar-refractivity contribution in [1.29, 1.82) is 0 Å². The van der Waals surface area contributed by atoms with Crippen LogP contribution in [0.1, 0.15) is 23.7 Å². The Morgan fingerprint density at radius 1 is 1.25 bits per heavy atom. The first kappa shape index (κ1) is 16.9. The summed E-state index contributed by atoms with van der Waals surface area (Å²) in [5.41, 5.74) is 1.54. The van der Waals surface area contributed by atoms with Gasteiger partial charge in [0.2, 0.25) is 5.91 Å². The predicted octanol–water partition coefficient (Wildman–Crippen LogP) is 4.01. The van der Waals surface area contributed by atoms with Crippen molar-refractivity contribution in [3.05, 3.63) is 70.5 Å². The number of carbonyl (C=O) groups excluding carboxylic acids is 1. The van der Waals surface area contributed by atoms with E-state index in [1.807, 2.05) is 24.3 Å². The van der Waals surface area contributed by atoms with Crippen LogP contribution in [0.3, 0.4) is 0 Å². The second kappa shape index (κ2) is 7.77. The molecule has 0 bridgehead atoms. The summed E-state index contributed by atoms with van der Waals surface area (Å²) in [4.78, 5) is 14.2. The molecule has 1 aliphatic rings. The smallest absolute Gasteiger partial charge is 0.223 e. The molecule has 3 rings (SSSR count). The second-order valence-electron chi connectivity index (χ2n) is 5.85. The maximum absolute atomic E-state index is 13.9. The first-order valence-corrected chi connectivity index (χ1v) is 8.39. The average Bonchev–Trinajstić information content (AvgIpc) is 2.60. The topological polar surface area (TPSA) is 29.5 Å². The Labute approximate surface area is 146 Å². The predicted molar refractivity (Wildman–Crippen MR) is 91.4 cm³/mol. The highest BCUT2D eigenvalue weighted by Gasteiger charge is 2.26. The van der Waals surface area contributed by atoms with E-state index in [-0.39, 0.29) is 11.7 Å². The minimum Gasteiger partial charge on any atom is -0.370 e. The molecule has 1 unspecified atom stereocenters. The molecule has 1 fully saturated rings. The quantitative estimate of drug-likeness (QED) is 0.836. The van der Waals surface area contributed by atoms with Crippen LogP contribution in [0.15, 0.2) is 48.5 Å². The highest BCUT2D eigenvalue weighted by atomic mass is 35.5. The van der Waals surface area contributed by atoms with Crippen molar-refractivity contribution in [1.82, 2.24) is 4.90 Å². The lowest BCUT2D eigenvalue weighted by Gasteiger charge is -2.33. The summed E-state index contributed by atoms with van der Waals surface area (Å²) in [5, 5.41) is 0.672. The molecule has 1 heterocycles. The average molecular weight is 348 g/mol. The van der Waals surface area contributed by atoms with Crippen LogP contribution in [0.2, 0.25) is 5.02 Å². The van der Waals surface area contributed by atoms with Gasteiger partial charge in [-0.1, -0.05) is 41.9 Å². The van der Waals surface area contributed by atoms with E-state index in [2.05, 4.69) is 0 Å². The van der Waals surface area contributed by atoms with E-state index in [0.29, 0.717) is 43.1 Å². The molecule has 1 saturated heterocycles. The lowest BCUT2D eigenvalue weighted by atomic mass is 10.1. The second-order valence-corrected chi connectivity index (χ2v) is 6.29. The van der Waals surface area contributed by atoms with Crippen molar-refractivity contribution in [3.8, 4) is 0 Å². The van der Waals surface area contributed by atoms with E-state index in [1.165, 1.54) is 6.07 Å². The highest BCUT2D eigenvalue weighted by Crippen LogP contribution is 2.25. The number of hydrogen-bond donors (Lipinski definition) is 0. The lowest BCUT2D eigenvalue weighted by molar-refractivity contribution is -0.139. The number of ether oxygens (including phenoxy) is 1. The Morgan fingerprint density at radius 3 is 2.88 bits per heavy atom. The van der Waals surface area contributed by atoms with Crippen molar-refractivity contribution in [2.75, 3.05) is 19.7 Å². The van der Waals surface area contributed by atoms with Crippen molar-refractivity contribution >= 4 is 17.5 Å². The molecule has 1 amide bonds. The maximum Gasteiger partial charge on any atom is 0.223 e. The largest absolute Gasteiger partial charge is 0.370 e. The van der Waals surface area contributed by atoms with Gasteiger partial charge < -0.3 is 9.64 Å². The molecule has 126 valence electrons. The summed E-state index contributed by atoms with van der Waals surface area (Å²) in [7, 11) is 0. The van der Waals surface area contributed by atoms with Crippen LogP contribution in [0.5, 0.6) is 0 Å². The fourth-order valence-electron chi connectivity index (χ4n) is 2.90. The number of amides is 1. The molecule has 0 spiro atoms. The van der Waals surface area contributed by atoms with Crippen LogP contribution < -0.4 is 0 Å². The van der Waals surface area contributed by atoms with Crippen LogP contribution in [0.4, 0.5) is 4.39 Å². The van der Waals surface area contributed by atoms with E-state index in [1.54, 1.807) is 23.1 Å². The van der Waals surface area contributed by atoms with Crippen LogP contribution in [-0.4, -0.2) is 30.5 Å². The van der Waals surface area contributed by atoms with Gasteiger partial charge in [-0.3, -0.25) is 4.79 Å². The maximum atomic E-state index is 13.9. The Balaban J connectivity index is 1.60. The Bertz CT molecular complexity index is 722. The van der Waals surface area contributed by atoms with Gasteiger partial charge in [0.25, 0.3) is 0 Å². The lowest BCUT2D eigenvalue weighted by Crippen LogP contribution is -2.42. The zero-order valence-electron chi connectivity index (χ0n) is 13.3. The number of nitrogens with zero attached hydrogens (tertiary/aromatic N) is 1. The van der Waals surface area contributed by atoms with Crippen LogP contribution in [0.25, 0.3) is 0 Å². The van der Waals surface area contributed by atoms with Crippen LogP contribution in [0, 0.1) is 5.82 Å². The molecule has 1 aliphatic heterocycles. The Hall–Kier alpha value is -1.91. The number of halogens is 2. The van der Waals surface area contributed by atoms with Crippen molar-refractivity contribution in [3.63, 3.8) is 0 Å². The van der Waals surface area contributed by atoms with Gasteiger partial charge in [0.15, 0.2) is 0 Å². The van der Waals surface area contributed by atoms with Crippen LogP contribution in [-0.2, 0) is 16.0 Å². The van der Waals surface area contributed by atoms with Gasteiger partial charge >= 0.3 is 0 Å². The molecule has 1 atom stereocenters. The summed E-state index contributed by atoms with van der Waals surface area (Å²) in [6.45, 7) is 1.34. The molecule has 0 aliphatic carbocycles. The first-order chi connectivity index (χ1) is 11.6. The van der Waals surface area contributed by atoms with Gasteiger partial charge in [0.05, 0.1) is 13.2 Å². The summed E-state index contributed by atoms with van der Waals surface area (Å²) in [5.74, 6) is -0.240. The molecule has 5 heteroatoms. The van der Waals surface area contributed by atoms with E-state index in [4.69, 9.17) is 16.3 Å². The number of carbonyl (C=O) groups is 1. The monoisotopic (exact) mass is 347 g/mol. The SMILES string of the molecule is O=C(CCc1cccc(Cl)c1)N1CCOC(c2ccccc2F)C1. The summed E-state index contributed by atoms with van der Waals surface area (Å²) in [6, 6.07) is 14.1. The number of benzene rings is 2. The summed E-state index contributed by atoms with van der Waals surface area (Å²) >= 11 is 5.96. The molecular formula is C19H19ClFNO2.